The molecule has 2 aromatic heterocycles. The van der Waals surface area contributed by atoms with Crippen molar-refractivity contribution in [2.45, 2.75) is 18.0 Å². The van der Waals surface area contributed by atoms with Crippen molar-refractivity contribution in [3.63, 3.8) is 0 Å². The second-order valence-electron chi connectivity index (χ2n) is 5.62. The van der Waals surface area contributed by atoms with Crippen LogP contribution >= 0.6 is 23.1 Å². The molecule has 0 radical (unpaired) electrons. The number of nitrogens with two attached hydrogens (primary N) is 1. The fourth-order valence-electron chi connectivity index (χ4n) is 2.43. The van der Waals surface area contributed by atoms with Gasteiger partial charge in [0.25, 0.3) is 0 Å². The first-order valence-electron chi connectivity index (χ1n) is 8.04. The molecule has 0 aliphatic heterocycles. The van der Waals surface area contributed by atoms with Crippen LogP contribution in [0.25, 0.3) is 10.2 Å². The summed E-state index contributed by atoms with van der Waals surface area (Å²) in [7, 11) is 0. The molecule has 0 spiro atoms. The first-order chi connectivity index (χ1) is 12.6. The van der Waals surface area contributed by atoms with Gasteiger partial charge in [0, 0.05) is 19.5 Å². The Morgan fingerprint density at radius 3 is 2.73 bits per heavy atom. The predicted octanol–water partition coefficient (Wildman–Crippen LogP) is 2.69. The van der Waals surface area contributed by atoms with Crippen LogP contribution in [0.4, 0.5) is 0 Å². The maximum absolute atomic E-state index is 12.7. The molecule has 2 N–H and O–H groups in total. The third-order valence-electron chi connectivity index (χ3n) is 3.74. The van der Waals surface area contributed by atoms with Crippen LogP contribution in [0.5, 0.6) is 0 Å². The minimum Gasteiger partial charge on any atom is -0.370 e. The number of benzene rings is 1. The van der Waals surface area contributed by atoms with E-state index in [9.17, 15) is 9.59 Å². The normalized spacial score (nSPS) is 10.8. The minimum absolute atomic E-state index is 0.0524. The standard InChI is InChI=1S/C18H18N4O2S2/c19-15(23)6-8-22(10-13-4-2-1-3-5-13)16(24)11-26-18-17-14(7-9-25-17)20-12-21-18/h1-5,7,9,12H,6,8,10-11H2,(H2,19,23). The molecule has 0 aliphatic rings. The molecular formula is C18H18N4O2S2. The van der Waals surface area contributed by atoms with Gasteiger partial charge in [0.05, 0.1) is 16.0 Å². The number of aromatic nitrogens is 2. The van der Waals surface area contributed by atoms with Gasteiger partial charge in [-0.2, -0.15) is 0 Å². The van der Waals surface area contributed by atoms with Crippen molar-refractivity contribution in [2.24, 2.45) is 5.73 Å². The number of amides is 2. The number of primary amides is 1. The Kier molecular flexibility index (Phi) is 6.19. The summed E-state index contributed by atoms with van der Waals surface area (Å²) in [6.45, 7) is 0.757. The van der Waals surface area contributed by atoms with Crippen LogP contribution in [-0.2, 0) is 16.1 Å². The molecule has 1 aromatic carbocycles. The zero-order valence-corrected chi connectivity index (χ0v) is 15.6. The summed E-state index contributed by atoms with van der Waals surface area (Å²) in [6, 6.07) is 11.6. The summed E-state index contributed by atoms with van der Waals surface area (Å²) in [6.07, 6.45) is 1.66. The van der Waals surface area contributed by atoms with Crippen molar-refractivity contribution in [1.29, 1.82) is 0 Å². The quantitative estimate of drug-likeness (QED) is 0.475. The second kappa shape index (κ2) is 8.77. The number of thiophene rings is 1. The lowest BCUT2D eigenvalue weighted by Gasteiger charge is -2.22. The Morgan fingerprint density at radius 1 is 1.15 bits per heavy atom. The molecular weight excluding hydrogens is 368 g/mol. The highest BCUT2D eigenvalue weighted by Gasteiger charge is 2.16. The Labute approximate surface area is 159 Å². The number of carbonyl (C=O) groups is 2. The van der Waals surface area contributed by atoms with Gasteiger partial charge >= 0.3 is 0 Å². The van der Waals surface area contributed by atoms with E-state index in [2.05, 4.69) is 9.97 Å². The Balaban J connectivity index is 1.68. The smallest absolute Gasteiger partial charge is 0.233 e. The monoisotopic (exact) mass is 386 g/mol. The number of nitrogens with zero attached hydrogens (tertiary/aromatic N) is 3. The van der Waals surface area contributed by atoms with Crippen molar-refractivity contribution in [1.82, 2.24) is 14.9 Å². The van der Waals surface area contributed by atoms with E-state index in [1.807, 2.05) is 41.8 Å². The van der Waals surface area contributed by atoms with Crippen LogP contribution in [0.3, 0.4) is 0 Å². The van der Waals surface area contributed by atoms with E-state index in [1.54, 1.807) is 16.2 Å². The van der Waals surface area contributed by atoms with Gasteiger partial charge < -0.3 is 10.6 Å². The Hall–Kier alpha value is -2.45. The second-order valence-corrected chi connectivity index (χ2v) is 7.50. The van der Waals surface area contributed by atoms with Gasteiger partial charge in [0.15, 0.2) is 0 Å². The third-order valence-corrected chi connectivity index (χ3v) is 5.75. The lowest BCUT2D eigenvalue weighted by molar-refractivity contribution is -0.129. The summed E-state index contributed by atoms with van der Waals surface area (Å²) in [4.78, 5) is 34.0. The molecule has 0 atom stereocenters. The fraction of sp³-hybridized carbons (Fsp3) is 0.222. The van der Waals surface area contributed by atoms with E-state index in [1.165, 1.54) is 18.1 Å². The van der Waals surface area contributed by atoms with Gasteiger partial charge in [0.1, 0.15) is 11.4 Å². The maximum atomic E-state index is 12.7. The lowest BCUT2D eigenvalue weighted by Crippen LogP contribution is -2.34. The summed E-state index contributed by atoms with van der Waals surface area (Å²) in [5.41, 5.74) is 7.15. The van der Waals surface area contributed by atoms with E-state index in [0.29, 0.717) is 13.1 Å². The van der Waals surface area contributed by atoms with E-state index >= 15 is 0 Å². The lowest BCUT2D eigenvalue weighted by atomic mass is 10.2. The molecule has 3 rings (SSSR count). The van der Waals surface area contributed by atoms with Crippen LogP contribution in [-0.4, -0.2) is 39.0 Å². The molecule has 0 fully saturated rings. The van der Waals surface area contributed by atoms with Crippen molar-refractivity contribution < 1.29 is 9.59 Å². The van der Waals surface area contributed by atoms with Gasteiger partial charge in [-0.3, -0.25) is 9.59 Å². The highest BCUT2D eigenvalue weighted by Crippen LogP contribution is 2.28. The molecule has 0 aliphatic carbocycles. The number of carbonyl (C=O) groups excluding carboxylic acids is 2. The molecule has 0 unspecified atom stereocenters. The zero-order chi connectivity index (χ0) is 18.4. The van der Waals surface area contributed by atoms with Gasteiger partial charge in [-0.1, -0.05) is 42.1 Å². The number of hydrogen-bond acceptors (Lipinski definition) is 6. The summed E-state index contributed by atoms with van der Waals surface area (Å²) in [5.74, 6) is -0.224. The van der Waals surface area contributed by atoms with Gasteiger partial charge in [-0.25, -0.2) is 9.97 Å². The van der Waals surface area contributed by atoms with Crippen LogP contribution in [0, 0.1) is 0 Å². The minimum atomic E-state index is -0.417. The molecule has 2 amide bonds. The molecule has 2 heterocycles. The summed E-state index contributed by atoms with van der Waals surface area (Å²) in [5, 5.41) is 2.76. The average Bonchev–Trinajstić information content (AvgIpc) is 3.13. The van der Waals surface area contributed by atoms with Crippen molar-refractivity contribution in [2.75, 3.05) is 12.3 Å². The molecule has 26 heavy (non-hydrogen) atoms. The molecule has 8 heteroatoms. The SMILES string of the molecule is NC(=O)CCN(Cc1ccccc1)C(=O)CSc1ncnc2ccsc12. The topological polar surface area (TPSA) is 89.2 Å². The van der Waals surface area contributed by atoms with Gasteiger partial charge in [-0.05, 0) is 17.0 Å². The summed E-state index contributed by atoms with van der Waals surface area (Å²) < 4.78 is 0.983. The van der Waals surface area contributed by atoms with Crippen LogP contribution in [0.15, 0.2) is 53.1 Å². The Morgan fingerprint density at radius 2 is 1.96 bits per heavy atom. The van der Waals surface area contributed by atoms with E-state index in [-0.39, 0.29) is 18.1 Å². The average molecular weight is 387 g/mol. The first kappa shape index (κ1) is 18.3. The van der Waals surface area contributed by atoms with Crippen molar-refractivity contribution in [3.05, 3.63) is 53.7 Å². The molecule has 0 saturated heterocycles. The zero-order valence-electron chi connectivity index (χ0n) is 14.0. The van der Waals surface area contributed by atoms with Crippen LogP contribution in [0.1, 0.15) is 12.0 Å². The van der Waals surface area contributed by atoms with Crippen molar-refractivity contribution >= 4 is 45.1 Å². The third kappa shape index (κ3) is 4.80. The van der Waals surface area contributed by atoms with Crippen LogP contribution < -0.4 is 5.73 Å². The van der Waals surface area contributed by atoms with Crippen molar-refractivity contribution in [3.8, 4) is 0 Å². The highest BCUT2D eigenvalue weighted by molar-refractivity contribution is 8.00. The number of thioether (sulfide) groups is 1. The molecule has 0 saturated carbocycles. The largest absolute Gasteiger partial charge is 0.370 e. The highest BCUT2D eigenvalue weighted by atomic mass is 32.2. The summed E-state index contributed by atoms with van der Waals surface area (Å²) >= 11 is 2.95. The predicted molar refractivity (Wildman–Crippen MR) is 104 cm³/mol. The Bertz CT molecular complexity index is 898. The molecule has 0 bridgehead atoms. The number of rotatable bonds is 8. The van der Waals surface area contributed by atoms with Crippen LogP contribution in [0.2, 0.25) is 0 Å². The van der Waals surface area contributed by atoms with Gasteiger partial charge in [0.2, 0.25) is 11.8 Å². The first-order valence-corrected chi connectivity index (χ1v) is 9.91. The molecule has 3 aromatic rings. The van der Waals surface area contributed by atoms with E-state index in [4.69, 9.17) is 5.73 Å². The van der Waals surface area contributed by atoms with Gasteiger partial charge in [-0.15, -0.1) is 11.3 Å². The maximum Gasteiger partial charge on any atom is 0.233 e. The fourth-order valence-corrected chi connectivity index (χ4v) is 4.28. The molecule has 6 nitrogen and oxygen atoms in total. The molecule has 134 valence electrons. The van der Waals surface area contributed by atoms with E-state index in [0.717, 1.165) is 20.8 Å². The number of hydrogen-bond donors (Lipinski definition) is 1. The number of fused-ring (bicyclic) bond motifs is 1. The van der Waals surface area contributed by atoms with E-state index < -0.39 is 5.91 Å².